The van der Waals surface area contributed by atoms with Gasteiger partial charge in [-0.3, -0.25) is 4.90 Å². The zero-order chi connectivity index (χ0) is 15.9. The van der Waals surface area contributed by atoms with E-state index in [0.717, 1.165) is 32.7 Å². The number of nitrogens with zero attached hydrogens (tertiary/aromatic N) is 3. The molecule has 0 aliphatic carbocycles. The van der Waals surface area contributed by atoms with Crippen LogP contribution in [0.3, 0.4) is 0 Å². The fraction of sp³-hybridized carbons (Fsp3) is 0.444. The summed E-state index contributed by atoms with van der Waals surface area (Å²) in [6.45, 7) is 5.81. The highest BCUT2D eigenvalue weighted by Gasteiger charge is 2.27. The molecule has 1 aliphatic heterocycles. The molecule has 0 radical (unpaired) electrons. The second kappa shape index (κ2) is 8.04. The number of rotatable bonds is 6. The molecule has 0 spiro atoms. The van der Waals surface area contributed by atoms with Crippen LogP contribution in [0.4, 0.5) is 5.95 Å². The first-order chi connectivity index (χ1) is 11.3. The van der Waals surface area contributed by atoms with E-state index >= 15 is 0 Å². The van der Waals surface area contributed by atoms with Gasteiger partial charge in [0.2, 0.25) is 5.95 Å². The number of benzene rings is 1. The number of ether oxygens (including phenoxy) is 1. The van der Waals surface area contributed by atoms with Gasteiger partial charge < -0.3 is 10.1 Å². The summed E-state index contributed by atoms with van der Waals surface area (Å²) < 4.78 is 6.01. The summed E-state index contributed by atoms with van der Waals surface area (Å²) in [6, 6.07) is 12.6. The lowest BCUT2D eigenvalue weighted by molar-refractivity contribution is -0.0403. The molecule has 2 atom stereocenters. The monoisotopic (exact) mass is 312 g/mol. The maximum absolute atomic E-state index is 6.01. The molecule has 2 unspecified atom stereocenters. The van der Waals surface area contributed by atoms with Crippen LogP contribution in [0, 0.1) is 0 Å². The largest absolute Gasteiger partial charge is 0.373 e. The quantitative estimate of drug-likeness (QED) is 0.888. The minimum absolute atomic E-state index is 0.154. The van der Waals surface area contributed by atoms with Gasteiger partial charge in [0.05, 0.1) is 18.8 Å². The molecule has 0 amide bonds. The number of morpholine rings is 1. The van der Waals surface area contributed by atoms with Crippen molar-refractivity contribution in [2.24, 2.45) is 0 Å². The molecule has 2 heterocycles. The van der Waals surface area contributed by atoms with Gasteiger partial charge in [-0.1, -0.05) is 37.3 Å². The van der Waals surface area contributed by atoms with Crippen molar-refractivity contribution in [2.75, 3.05) is 25.0 Å². The smallest absolute Gasteiger partial charge is 0.222 e. The third-order valence-corrected chi connectivity index (χ3v) is 4.20. The molecule has 1 aliphatic rings. The van der Waals surface area contributed by atoms with Crippen molar-refractivity contribution in [1.29, 1.82) is 0 Å². The number of anilines is 1. The van der Waals surface area contributed by atoms with Crippen molar-refractivity contribution in [3.8, 4) is 0 Å². The second-order valence-corrected chi connectivity index (χ2v) is 5.86. The Morgan fingerprint density at radius 1 is 1.22 bits per heavy atom. The Morgan fingerprint density at radius 2 is 2.00 bits per heavy atom. The zero-order valence-corrected chi connectivity index (χ0v) is 13.6. The van der Waals surface area contributed by atoms with E-state index in [0.29, 0.717) is 5.95 Å². The third-order valence-electron chi connectivity index (χ3n) is 4.20. The Hall–Kier alpha value is -1.98. The highest BCUT2D eigenvalue weighted by molar-refractivity contribution is 5.25. The lowest BCUT2D eigenvalue weighted by Crippen LogP contribution is -2.49. The van der Waals surface area contributed by atoms with Crippen LogP contribution in [0.2, 0.25) is 0 Å². The normalized spacial score (nSPS) is 20.1. The van der Waals surface area contributed by atoms with E-state index in [2.05, 4.69) is 57.4 Å². The predicted molar refractivity (Wildman–Crippen MR) is 91.2 cm³/mol. The van der Waals surface area contributed by atoms with Gasteiger partial charge in [0.15, 0.2) is 0 Å². The molecule has 1 aromatic carbocycles. The minimum Gasteiger partial charge on any atom is -0.373 e. The number of aromatic nitrogens is 2. The minimum atomic E-state index is 0.154. The first kappa shape index (κ1) is 15.9. The Kier molecular flexibility index (Phi) is 5.56. The van der Waals surface area contributed by atoms with Crippen molar-refractivity contribution in [3.63, 3.8) is 0 Å². The van der Waals surface area contributed by atoms with Crippen LogP contribution in [-0.2, 0) is 11.3 Å². The lowest BCUT2D eigenvalue weighted by atomic mass is 10.1. The SMILES string of the molecule is CCC(Nc1ncccn1)C1CN(Cc2ccccc2)CCO1. The summed E-state index contributed by atoms with van der Waals surface area (Å²) in [5.74, 6) is 0.670. The van der Waals surface area contributed by atoms with Crippen LogP contribution in [0.25, 0.3) is 0 Å². The first-order valence-electron chi connectivity index (χ1n) is 8.26. The molecule has 0 bridgehead atoms. The first-order valence-corrected chi connectivity index (χ1v) is 8.26. The molecule has 5 nitrogen and oxygen atoms in total. The van der Waals surface area contributed by atoms with Crippen LogP contribution in [0.15, 0.2) is 48.8 Å². The van der Waals surface area contributed by atoms with Gasteiger partial charge in [-0.25, -0.2) is 9.97 Å². The van der Waals surface area contributed by atoms with Crippen LogP contribution in [0.1, 0.15) is 18.9 Å². The molecule has 5 heteroatoms. The fourth-order valence-corrected chi connectivity index (χ4v) is 2.96. The molecule has 1 aromatic heterocycles. The van der Waals surface area contributed by atoms with Gasteiger partial charge in [0, 0.05) is 32.0 Å². The van der Waals surface area contributed by atoms with Crippen LogP contribution in [-0.4, -0.2) is 46.7 Å². The summed E-state index contributed by atoms with van der Waals surface area (Å²) in [5, 5.41) is 3.41. The zero-order valence-electron chi connectivity index (χ0n) is 13.6. The van der Waals surface area contributed by atoms with Gasteiger partial charge in [0.1, 0.15) is 0 Å². The van der Waals surface area contributed by atoms with Crippen molar-refractivity contribution in [3.05, 3.63) is 54.4 Å². The number of nitrogens with one attached hydrogen (secondary N) is 1. The number of hydrogen-bond donors (Lipinski definition) is 1. The predicted octanol–water partition coefficient (Wildman–Crippen LogP) is 2.57. The molecular formula is C18H24N4O. The summed E-state index contributed by atoms with van der Waals surface area (Å²) >= 11 is 0. The van der Waals surface area contributed by atoms with Gasteiger partial charge in [0.25, 0.3) is 0 Å². The Labute approximate surface area is 137 Å². The Balaban J connectivity index is 1.60. The molecule has 2 aromatic rings. The number of hydrogen-bond acceptors (Lipinski definition) is 5. The summed E-state index contributed by atoms with van der Waals surface area (Å²) in [4.78, 5) is 11.0. The summed E-state index contributed by atoms with van der Waals surface area (Å²) in [7, 11) is 0. The third kappa shape index (κ3) is 4.50. The molecule has 1 N–H and O–H groups in total. The van der Waals surface area contributed by atoms with Gasteiger partial charge in [-0.05, 0) is 18.1 Å². The maximum Gasteiger partial charge on any atom is 0.222 e. The van der Waals surface area contributed by atoms with E-state index in [1.54, 1.807) is 12.4 Å². The summed E-state index contributed by atoms with van der Waals surface area (Å²) in [5.41, 5.74) is 1.35. The second-order valence-electron chi connectivity index (χ2n) is 5.86. The van der Waals surface area contributed by atoms with Crippen molar-refractivity contribution < 1.29 is 4.74 Å². The standard InChI is InChI=1S/C18H24N4O/c1-2-16(21-18-19-9-6-10-20-18)17-14-22(11-12-23-17)13-15-7-4-3-5-8-15/h3-10,16-17H,2,11-14H2,1H3,(H,19,20,21). The van der Waals surface area contributed by atoms with Gasteiger partial charge in [-0.15, -0.1) is 0 Å². The molecular weight excluding hydrogens is 288 g/mol. The van der Waals surface area contributed by atoms with E-state index in [-0.39, 0.29) is 12.1 Å². The average molecular weight is 312 g/mol. The van der Waals surface area contributed by atoms with Crippen molar-refractivity contribution >= 4 is 5.95 Å². The van der Waals surface area contributed by atoms with Gasteiger partial charge >= 0.3 is 0 Å². The highest BCUT2D eigenvalue weighted by atomic mass is 16.5. The van der Waals surface area contributed by atoms with Crippen LogP contribution < -0.4 is 5.32 Å². The molecule has 122 valence electrons. The van der Waals surface area contributed by atoms with Crippen molar-refractivity contribution in [2.45, 2.75) is 32.0 Å². The van der Waals surface area contributed by atoms with Gasteiger partial charge in [-0.2, -0.15) is 0 Å². The van der Waals surface area contributed by atoms with E-state index in [1.807, 2.05) is 6.07 Å². The topological polar surface area (TPSA) is 50.3 Å². The van der Waals surface area contributed by atoms with E-state index in [1.165, 1.54) is 5.56 Å². The van der Waals surface area contributed by atoms with Crippen LogP contribution >= 0.6 is 0 Å². The van der Waals surface area contributed by atoms with E-state index < -0.39 is 0 Å². The molecule has 1 fully saturated rings. The maximum atomic E-state index is 6.01. The molecule has 0 saturated carbocycles. The Bertz CT molecular complexity index is 578. The lowest BCUT2D eigenvalue weighted by Gasteiger charge is -2.37. The molecule has 3 rings (SSSR count). The van der Waals surface area contributed by atoms with E-state index in [9.17, 15) is 0 Å². The van der Waals surface area contributed by atoms with Crippen molar-refractivity contribution in [1.82, 2.24) is 14.9 Å². The molecule has 1 saturated heterocycles. The fourth-order valence-electron chi connectivity index (χ4n) is 2.96. The summed E-state index contributed by atoms with van der Waals surface area (Å²) in [6.07, 6.45) is 4.64. The average Bonchev–Trinajstić information content (AvgIpc) is 2.62. The van der Waals surface area contributed by atoms with Crippen LogP contribution in [0.5, 0.6) is 0 Å². The highest BCUT2D eigenvalue weighted by Crippen LogP contribution is 2.16. The van der Waals surface area contributed by atoms with E-state index in [4.69, 9.17) is 4.74 Å². The molecule has 23 heavy (non-hydrogen) atoms. The Morgan fingerprint density at radius 3 is 2.74 bits per heavy atom.